The number of carboxylic acids is 6. The molecular formula is C28H40O12Sn2. The van der Waals surface area contributed by atoms with E-state index in [0.29, 0.717) is 36.5 Å². The molecule has 0 amide bonds. The summed E-state index contributed by atoms with van der Waals surface area (Å²) in [6.45, 7) is 9.17. The molecule has 14 heteroatoms. The minimum Gasteiger partial charge on any atom is -0.545 e. The summed E-state index contributed by atoms with van der Waals surface area (Å²) in [4.78, 5) is 56.5. The van der Waals surface area contributed by atoms with E-state index in [-0.39, 0.29) is 0 Å². The van der Waals surface area contributed by atoms with Gasteiger partial charge in [-0.25, -0.2) is 0 Å². The third kappa shape index (κ3) is 61.6. The van der Waals surface area contributed by atoms with Crippen LogP contribution >= 0.6 is 0 Å². The summed E-state index contributed by atoms with van der Waals surface area (Å²) in [5.41, 5.74) is 0. The van der Waals surface area contributed by atoms with Gasteiger partial charge < -0.3 is 59.4 Å². The Morgan fingerprint density at radius 1 is 0.476 bits per heavy atom. The standard InChI is InChI=1S/2C8H17.3C4H4O4.2Sn/c2*1-4-6-7-8(3)5-2;3*5-3(6)1-2-4(7)8;;/h2*8H,3-7H2,1-2H3;3*1-2H,(H,5,6)(H,7,8);;/q;;;;;2*+3/p-6/b;;3*2-1-;;. The Labute approximate surface area is 275 Å². The Balaban J connectivity index is -0.000000136. The van der Waals surface area contributed by atoms with Gasteiger partial charge in [0, 0.05) is 0 Å². The second-order valence-electron chi connectivity index (χ2n) is 8.16. The maximum Gasteiger partial charge on any atom is 0.0643 e. The van der Waals surface area contributed by atoms with Crippen LogP contribution in [0.2, 0.25) is 8.87 Å². The number of carboxylic acid groups (broad SMARTS) is 6. The van der Waals surface area contributed by atoms with E-state index in [1.165, 1.54) is 60.2 Å². The summed E-state index contributed by atoms with van der Waals surface area (Å²) in [7, 11) is 0. The molecule has 2 atom stereocenters. The molecule has 0 saturated heterocycles. The van der Waals surface area contributed by atoms with E-state index in [0.717, 1.165) is 11.8 Å². The van der Waals surface area contributed by atoms with E-state index in [9.17, 15) is 59.4 Å². The van der Waals surface area contributed by atoms with E-state index < -0.39 is 35.8 Å². The second kappa shape index (κ2) is 38.6. The fourth-order valence-corrected chi connectivity index (χ4v) is 5.11. The first-order chi connectivity index (χ1) is 19.6. The van der Waals surface area contributed by atoms with Crippen molar-refractivity contribution in [3.63, 3.8) is 0 Å². The van der Waals surface area contributed by atoms with Crippen molar-refractivity contribution in [2.75, 3.05) is 0 Å². The number of unbranched alkanes of at least 4 members (excludes halogenated alkanes) is 2. The number of hydrogen-bond donors (Lipinski definition) is 0. The van der Waals surface area contributed by atoms with Gasteiger partial charge in [0.1, 0.15) is 0 Å². The predicted molar refractivity (Wildman–Crippen MR) is 145 cm³/mol. The molecular weight excluding hydrogens is 766 g/mol. The number of aliphatic carboxylic acids is 6. The summed E-state index contributed by atoms with van der Waals surface area (Å²) >= 11 is 3.43. The Kier molecular flexibility index (Phi) is 45.4. The molecule has 0 aromatic heterocycles. The minimum absolute atomic E-state index is 0.384. The molecule has 0 heterocycles. The van der Waals surface area contributed by atoms with Gasteiger partial charge in [-0.2, -0.15) is 0 Å². The molecule has 0 N–H and O–H groups in total. The summed E-state index contributed by atoms with van der Waals surface area (Å²) in [6, 6.07) is 0. The molecule has 42 heavy (non-hydrogen) atoms. The van der Waals surface area contributed by atoms with Crippen molar-refractivity contribution in [2.45, 2.75) is 87.9 Å². The Bertz CT molecular complexity index is 671. The molecule has 0 aromatic carbocycles. The van der Waals surface area contributed by atoms with Crippen molar-refractivity contribution in [2.24, 2.45) is 11.8 Å². The molecule has 2 unspecified atom stereocenters. The molecule has 0 saturated carbocycles. The Morgan fingerprint density at radius 2 is 0.667 bits per heavy atom. The fourth-order valence-electron chi connectivity index (χ4n) is 2.29. The monoisotopic (exact) mass is 808 g/mol. The van der Waals surface area contributed by atoms with Gasteiger partial charge in [0.2, 0.25) is 0 Å². The maximum absolute atomic E-state index is 9.41. The molecule has 0 rings (SSSR count). The zero-order valence-corrected chi connectivity index (χ0v) is 30.3. The zero-order valence-electron chi connectivity index (χ0n) is 24.6. The first-order valence-electron chi connectivity index (χ1n) is 13.2. The Hall–Kier alpha value is -2.36. The van der Waals surface area contributed by atoms with Crippen molar-refractivity contribution in [3.05, 3.63) is 36.5 Å². The summed E-state index contributed by atoms with van der Waals surface area (Å²) in [6.07, 6.45) is 13.6. The molecule has 12 nitrogen and oxygen atoms in total. The van der Waals surface area contributed by atoms with Crippen LogP contribution in [0.15, 0.2) is 36.5 Å². The average molecular weight is 806 g/mol. The van der Waals surface area contributed by atoms with Crippen molar-refractivity contribution in [3.8, 4) is 0 Å². The van der Waals surface area contributed by atoms with E-state index in [1.807, 2.05) is 0 Å². The number of hydrogen-bond acceptors (Lipinski definition) is 12. The topological polar surface area (TPSA) is 241 Å². The quantitative estimate of drug-likeness (QED) is 0.110. The zero-order chi connectivity index (χ0) is 33.9. The maximum atomic E-state index is 9.41. The molecule has 0 aliphatic carbocycles. The molecule has 0 aliphatic heterocycles. The molecule has 232 valence electrons. The number of carbonyl (C=O) groups excluding carboxylic acids is 6. The molecule has 0 fully saturated rings. The van der Waals surface area contributed by atoms with E-state index in [4.69, 9.17) is 0 Å². The van der Waals surface area contributed by atoms with Gasteiger partial charge >= 0.3 is 145 Å². The van der Waals surface area contributed by atoms with Gasteiger partial charge in [0.15, 0.2) is 0 Å². The van der Waals surface area contributed by atoms with Gasteiger partial charge in [-0.1, -0.05) is 0 Å². The first kappa shape index (κ1) is 49.3. The van der Waals surface area contributed by atoms with Crippen LogP contribution in [0.1, 0.15) is 79.1 Å². The molecule has 0 spiro atoms. The van der Waals surface area contributed by atoms with Crippen LogP contribution in [-0.4, -0.2) is 80.9 Å². The van der Waals surface area contributed by atoms with Gasteiger partial charge in [-0.05, 0) is 36.5 Å². The SMILES string of the molecule is CCCCC(CC)[CH2][Sn+3].CCCCC(CC)[CH2][Sn+3].O=C([O-])/C=C\C(=O)[O-].O=C([O-])/C=C\C(=O)[O-].O=C([O-])/C=C\C(=O)[O-]. The first-order valence-corrected chi connectivity index (χ1v) is 17.2. The van der Waals surface area contributed by atoms with Crippen molar-refractivity contribution in [1.29, 1.82) is 0 Å². The molecule has 0 aromatic rings. The Morgan fingerprint density at radius 3 is 0.762 bits per heavy atom. The molecule has 0 aliphatic rings. The van der Waals surface area contributed by atoms with Gasteiger partial charge in [-0.15, -0.1) is 0 Å². The third-order valence-electron chi connectivity index (χ3n) is 4.73. The summed E-state index contributed by atoms with van der Waals surface area (Å²) < 4.78 is 2.92. The van der Waals surface area contributed by atoms with Crippen LogP contribution in [-0.2, 0) is 28.8 Å². The van der Waals surface area contributed by atoms with Crippen LogP contribution < -0.4 is 30.6 Å². The molecule has 0 radical (unpaired) electrons. The van der Waals surface area contributed by atoms with Crippen molar-refractivity contribution < 1.29 is 59.4 Å². The predicted octanol–water partition coefficient (Wildman–Crippen LogP) is -3.29. The number of carbonyl (C=O) groups is 6. The summed E-state index contributed by atoms with van der Waals surface area (Å²) in [5, 5.41) is 56.5. The second-order valence-corrected chi connectivity index (χ2v) is 10.5. The van der Waals surface area contributed by atoms with E-state index in [1.54, 1.807) is 45.0 Å². The largest absolute Gasteiger partial charge is 0.545 e. The van der Waals surface area contributed by atoms with Crippen LogP contribution in [0.4, 0.5) is 0 Å². The van der Waals surface area contributed by atoms with Crippen LogP contribution in [0.3, 0.4) is 0 Å². The smallest absolute Gasteiger partial charge is 0.0643 e. The van der Waals surface area contributed by atoms with Crippen LogP contribution in [0.5, 0.6) is 0 Å². The molecule has 0 bridgehead atoms. The normalized spacial score (nSPS) is 11.3. The van der Waals surface area contributed by atoms with Crippen LogP contribution in [0.25, 0.3) is 0 Å². The van der Waals surface area contributed by atoms with Crippen molar-refractivity contribution in [1.82, 2.24) is 0 Å². The van der Waals surface area contributed by atoms with Gasteiger partial charge in [0.05, 0.1) is 35.8 Å². The average Bonchev–Trinajstić information content (AvgIpc) is 2.92. The third-order valence-corrected chi connectivity index (χ3v) is 8.03. The van der Waals surface area contributed by atoms with E-state index in [2.05, 4.69) is 27.7 Å². The number of rotatable bonds is 16. The minimum atomic E-state index is -1.55. The van der Waals surface area contributed by atoms with Crippen molar-refractivity contribution >= 4 is 80.9 Å². The van der Waals surface area contributed by atoms with Gasteiger partial charge in [0.25, 0.3) is 0 Å². The fraction of sp³-hybridized carbons (Fsp3) is 0.571. The van der Waals surface area contributed by atoms with Crippen LogP contribution in [0, 0.1) is 11.8 Å². The van der Waals surface area contributed by atoms with E-state index >= 15 is 0 Å². The summed E-state index contributed by atoms with van der Waals surface area (Å²) in [5.74, 6) is -7.19. The van der Waals surface area contributed by atoms with Gasteiger partial charge in [-0.3, -0.25) is 0 Å².